The Hall–Kier alpha value is -0.160. The molecular weight excluding hydrogens is 160 g/mol. The lowest BCUT2D eigenvalue weighted by Crippen LogP contribution is -2.38. The Bertz CT molecular complexity index is 95.2. The van der Waals surface area contributed by atoms with Gasteiger partial charge in [-0.05, 0) is 6.42 Å². The summed E-state index contributed by atoms with van der Waals surface area (Å²) in [6.07, 6.45) is -0.952. The van der Waals surface area contributed by atoms with Gasteiger partial charge in [0.25, 0.3) is 0 Å². The van der Waals surface area contributed by atoms with Gasteiger partial charge in [0.1, 0.15) is 6.10 Å². The molecule has 73 valence electrons. The van der Waals surface area contributed by atoms with E-state index in [2.05, 4.69) is 0 Å². The minimum absolute atomic E-state index is 0.308. The van der Waals surface area contributed by atoms with E-state index >= 15 is 0 Å². The quantitative estimate of drug-likeness (QED) is 0.422. The molecule has 0 saturated heterocycles. The largest absolute Gasteiger partial charge is 0.396 e. The zero-order valence-electron chi connectivity index (χ0n) is 7.22. The first kappa shape index (κ1) is 11.8. The van der Waals surface area contributed by atoms with Crippen molar-refractivity contribution in [1.82, 2.24) is 0 Å². The molecule has 0 aromatic carbocycles. The Kier molecular flexibility index (Phi) is 6.28. The van der Waals surface area contributed by atoms with Crippen molar-refractivity contribution in [2.75, 3.05) is 6.61 Å². The maximum absolute atomic E-state index is 9.21. The molecule has 1 radical (unpaired) electrons. The van der Waals surface area contributed by atoms with Crippen LogP contribution in [0.4, 0.5) is 0 Å². The van der Waals surface area contributed by atoms with Crippen LogP contribution in [0.15, 0.2) is 0 Å². The van der Waals surface area contributed by atoms with Gasteiger partial charge in [0.05, 0.1) is 12.2 Å². The molecule has 0 aliphatic carbocycles. The highest BCUT2D eigenvalue weighted by atomic mass is 16.4. The molecule has 0 spiro atoms. The lowest BCUT2D eigenvalue weighted by Gasteiger charge is -2.21. The molecule has 0 bridgehead atoms. The highest BCUT2D eigenvalue weighted by Crippen LogP contribution is 2.07. The van der Waals surface area contributed by atoms with E-state index in [-0.39, 0.29) is 6.61 Å². The van der Waals surface area contributed by atoms with Crippen LogP contribution in [0.1, 0.15) is 19.8 Å². The van der Waals surface area contributed by atoms with Crippen LogP contribution in [0, 0.1) is 6.42 Å². The van der Waals surface area contributed by atoms with Gasteiger partial charge in [0.2, 0.25) is 0 Å². The third kappa shape index (κ3) is 4.01. The minimum Gasteiger partial charge on any atom is -0.396 e. The van der Waals surface area contributed by atoms with E-state index in [9.17, 15) is 10.2 Å². The first-order valence-electron chi connectivity index (χ1n) is 4.11. The highest BCUT2D eigenvalue weighted by molar-refractivity contribution is 4.85. The second-order valence-electron chi connectivity index (χ2n) is 2.76. The number of rotatable bonds is 6. The summed E-state index contributed by atoms with van der Waals surface area (Å²) in [5.74, 6) is 0. The van der Waals surface area contributed by atoms with Crippen molar-refractivity contribution in [3.63, 3.8) is 0 Å². The van der Waals surface area contributed by atoms with Crippen molar-refractivity contribution in [3.8, 4) is 0 Å². The highest BCUT2D eigenvalue weighted by Gasteiger charge is 2.23. The van der Waals surface area contributed by atoms with E-state index in [1.165, 1.54) is 0 Å². The van der Waals surface area contributed by atoms with Gasteiger partial charge >= 0.3 is 0 Å². The first-order chi connectivity index (χ1) is 5.63. The van der Waals surface area contributed by atoms with E-state index in [1.807, 2.05) is 6.92 Å². The molecule has 0 aromatic rings. The molecule has 0 aromatic heterocycles. The molecule has 4 heteroatoms. The van der Waals surface area contributed by atoms with E-state index in [4.69, 9.17) is 10.2 Å². The molecule has 0 aliphatic heterocycles. The monoisotopic (exact) mass is 177 g/mol. The van der Waals surface area contributed by atoms with Crippen LogP contribution in [-0.4, -0.2) is 45.3 Å². The number of hydrogen-bond acceptors (Lipinski definition) is 4. The van der Waals surface area contributed by atoms with Crippen LogP contribution in [0.3, 0.4) is 0 Å². The summed E-state index contributed by atoms with van der Waals surface area (Å²) < 4.78 is 0. The van der Waals surface area contributed by atoms with Gasteiger partial charge in [-0.2, -0.15) is 0 Å². The Balaban J connectivity index is 3.73. The van der Waals surface area contributed by atoms with Gasteiger partial charge in [0, 0.05) is 13.0 Å². The van der Waals surface area contributed by atoms with Gasteiger partial charge in [0.15, 0.2) is 0 Å². The molecule has 0 aliphatic rings. The molecule has 3 atom stereocenters. The molecule has 4 N–H and O–H groups in total. The average Bonchev–Trinajstić information content (AvgIpc) is 2.04. The normalized spacial score (nSPS) is 18.8. The first-order valence-corrected chi connectivity index (χ1v) is 4.11. The Labute approximate surface area is 72.5 Å². The minimum atomic E-state index is -1.20. The standard InChI is InChI=1S/C8H17O4/c1-2-3-6(10)8(12)7(11)4-5-9/h4,6-12H,2-3,5H2,1H3. The Morgan fingerprint density at radius 3 is 2.25 bits per heavy atom. The van der Waals surface area contributed by atoms with E-state index < -0.39 is 18.3 Å². The van der Waals surface area contributed by atoms with E-state index in [1.54, 1.807) is 0 Å². The third-order valence-corrected chi connectivity index (χ3v) is 1.68. The van der Waals surface area contributed by atoms with E-state index in [0.29, 0.717) is 6.42 Å². The maximum Gasteiger partial charge on any atom is 0.106 e. The zero-order valence-corrected chi connectivity index (χ0v) is 7.22. The smallest absolute Gasteiger partial charge is 0.106 e. The topological polar surface area (TPSA) is 80.9 Å². The SMILES string of the molecule is CCCC(O)C(O)C(O)[CH]CO. The molecule has 0 heterocycles. The van der Waals surface area contributed by atoms with Crippen LogP contribution >= 0.6 is 0 Å². The van der Waals surface area contributed by atoms with Crippen LogP contribution in [-0.2, 0) is 0 Å². The van der Waals surface area contributed by atoms with Crippen LogP contribution in [0.25, 0.3) is 0 Å². The van der Waals surface area contributed by atoms with Gasteiger partial charge in [-0.15, -0.1) is 0 Å². The van der Waals surface area contributed by atoms with Gasteiger partial charge < -0.3 is 20.4 Å². The molecule has 0 fully saturated rings. The summed E-state index contributed by atoms with van der Waals surface area (Å²) in [7, 11) is 0. The summed E-state index contributed by atoms with van der Waals surface area (Å²) in [6.45, 7) is 1.56. The zero-order chi connectivity index (χ0) is 9.56. The van der Waals surface area contributed by atoms with Crippen LogP contribution in [0.2, 0.25) is 0 Å². The maximum atomic E-state index is 9.21. The van der Waals surface area contributed by atoms with Crippen molar-refractivity contribution >= 4 is 0 Å². The summed E-state index contributed by atoms with van der Waals surface area (Å²) >= 11 is 0. The fourth-order valence-corrected chi connectivity index (χ4v) is 0.942. The van der Waals surface area contributed by atoms with E-state index in [0.717, 1.165) is 12.8 Å². The number of hydrogen-bond donors (Lipinski definition) is 4. The fourth-order valence-electron chi connectivity index (χ4n) is 0.942. The summed E-state index contributed by atoms with van der Waals surface area (Å²) in [5, 5.41) is 35.9. The number of aliphatic hydroxyl groups excluding tert-OH is 4. The summed E-state index contributed by atoms with van der Waals surface area (Å²) in [5.41, 5.74) is 0. The fraction of sp³-hybridized carbons (Fsp3) is 0.875. The lowest BCUT2D eigenvalue weighted by atomic mass is 10.0. The van der Waals surface area contributed by atoms with Crippen molar-refractivity contribution in [1.29, 1.82) is 0 Å². The van der Waals surface area contributed by atoms with Gasteiger partial charge in [-0.25, -0.2) is 0 Å². The molecule has 0 saturated carbocycles. The molecule has 0 amide bonds. The molecular formula is C8H17O4. The second-order valence-corrected chi connectivity index (χ2v) is 2.76. The summed E-state index contributed by atoms with van der Waals surface area (Å²) in [4.78, 5) is 0. The Morgan fingerprint density at radius 1 is 1.25 bits per heavy atom. The second kappa shape index (κ2) is 6.37. The molecule has 12 heavy (non-hydrogen) atoms. The van der Waals surface area contributed by atoms with Crippen molar-refractivity contribution in [2.45, 2.75) is 38.1 Å². The third-order valence-electron chi connectivity index (χ3n) is 1.68. The van der Waals surface area contributed by atoms with Crippen LogP contribution < -0.4 is 0 Å². The van der Waals surface area contributed by atoms with Crippen LogP contribution in [0.5, 0.6) is 0 Å². The molecule has 4 nitrogen and oxygen atoms in total. The van der Waals surface area contributed by atoms with Crippen molar-refractivity contribution in [3.05, 3.63) is 6.42 Å². The number of aliphatic hydroxyl groups is 4. The summed E-state index contributed by atoms with van der Waals surface area (Å²) in [6, 6.07) is 0. The van der Waals surface area contributed by atoms with Crippen molar-refractivity contribution < 1.29 is 20.4 Å². The predicted octanol–water partition coefficient (Wildman–Crippen LogP) is -0.934. The van der Waals surface area contributed by atoms with Crippen molar-refractivity contribution in [2.24, 2.45) is 0 Å². The molecule has 0 rings (SSSR count). The average molecular weight is 177 g/mol. The van der Waals surface area contributed by atoms with Gasteiger partial charge in [-0.3, -0.25) is 0 Å². The van der Waals surface area contributed by atoms with Gasteiger partial charge in [-0.1, -0.05) is 13.3 Å². The predicted molar refractivity (Wildman–Crippen MR) is 44.3 cm³/mol. The lowest BCUT2D eigenvalue weighted by molar-refractivity contribution is -0.0522. The Morgan fingerprint density at radius 2 is 1.83 bits per heavy atom. The molecule has 3 unspecified atom stereocenters.